The first-order chi connectivity index (χ1) is 11.8. The number of allylic oxidation sites excluding steroid dienone is 1. The fraction of sp³-hybridized carbons (Fsp3) is 0.0476. The summed E-state index contributed by atoms with van der Waals surface area (Å²) in [4.78, 5) is 4.21. The van der Waals surface area contributed by atoms with E-state index in [1.165, 1.54) is 0 Å². The summed E-state index contributed by atoms with van der Waals surface area (Å²) in [5.74, 6) is 0.798. The normalized spacial score (nSPS) is 10.9. The molecule has 0 bridgehead atoms. The molecule has 2 aromatic carbocycles. The van der Waals surface area contributed by atoms with Gasteiger partial charge < -0.3 is 4.74 Å². The van der Waals surface area contributed by atoms with Crippen LogP contribution in [0.4, 0.5) is 0 Å². The van der Waals surface area contributed by atoms with Gasteiger partial charge in [-0.15, -0.1) is 0 Å². The zero-order valence-corrected chi connectivity index (χ0v) is 13.1. The Morgan fingerprint density at radius 1 is 0.958 bits per heavy atom. The van der Waals surface area contributed by atoms with Crippen LogP contribution in [-0.4, -0.2) is 4.98 Å². The molecule has 0 radical (unpaired) electrons. The van der Waals surface area contributed by atoms with Gasteiger partial charge in [-0.3, -0.25) is 4.98 Å². The Bertz CT molecular complexity index is 848. The topological polar surface area (TPSA) is 45.9 Å². The zero-order valence-electron chi connectivity index (χ0n) is 13.1. The Balaban J connectivity index is 1.70. The van der Waals surface area contributed by atoms with Gasteiger partial charge >= 0.3 is 0 Å². The lowest BCUT2D eigenvalue weighted by molar-refractivity contribution is 0.306. The van der Waals surface area contributed by atoms with Gasteiger partial charge in [-0.1, -0.05) is 48.5 Å². The van der Waals surface area contributed by atoms with Crippen LogP contribution in [0, 0.1) is 11.3 Å². The number of pyridine rings is 1. The number of ether oxygens (including phenoxy) is 1. The summed E-state index contributed by atoms with van der Waals surface area (Å²) in [6.07, 6.45) is 3.50. The van der Waals surface area contributed by atoms with Gasteiger partial charge in [-0.25, -0.2) is 0 Å². The van der Waals surface area contributed by atoms with Crippen molar-refractivity contribution in [2.75, 3.05) is 0 Å². The van der Waals surface area contributed by atoms with E-state index in [0.717, 1.165) is 16.9 Å². The maximum Gasteiger partial charge on any atom is 0.119 e. The first kappa shape index (κ1) is 15.5. The average Bonchev–Trinajstić information content (AvgIpc) is 2.67. The standard InChI is InChI=1S/C21H16N2O/c22-15-19(21-8-4-5-13-23-21)14-17-9-11-20(12-10-17)24-16-18-6-2-1-3-7-18/h1-14H,16H2. The Kier molecular flexibility index (Phi) is 5.01. The van der Waals surface area contributed by atoms with Crippen LogP contribution in [0.15, 0.2) is 79.0 Å². The molecule has 0 aliphatic carbocycles. The number of aromatic nitrogens is 1. The van der Waals surface area contributed by atoms with Gasteiger partial charge in [0.2, 0.25) is 0 Å². The molecule has 0 aliphatic heterocycles. The lowest BCUT2D eigenvalue weighted by atomic mass is 10.1. The molecular formula is C21H16N2O. The molecule has 0 N–H and O–H groups in total. The molecule has 24 heavy (non-hydrogen) atoms. The maximum atomic E-state index is 9.32. The van der Waals surface area contributed by atoms with E-state index < -0.39 is 0 Å². The van der Waals surface area contributed by atoms with Crippen molar-refractivity contribution >= 4 is 11.6 Å². The molecular weight excluding hydrogens is 296 g/mol. The Morgan fingerprint density at radius 2 is 1.71 bits per heavy atom. The van der Waals surface area contributed by atoms with Crippen LogP contribution in [0.1, 0.15) is 16.8 Å². The summed E-state index contributed by atoms with van der Waals surface area (Å²) in [5.41, 5.74) is 3.27. The minimum Gasteiger partial charge on any atom is -0.489 e. The van der Waals surface area contributed by atoms with Crippen molar-refractivity contribution in [1.82, 2.24) is 4.98 Å². The monoisotopic (exact) mass is 312 g/mol. The van der Waals surface area contributed by atoms with Crippen molar-refractivity contribution in [2.45, 2.75) is 6.61 Å². The van der Waals surface area contributed by atoms with Crippen molar-refractivity contribution in [3.8, 4) is 11.8 Å². The second-order valence-corrected chi connectivity index (χ2v) is 5.23. The largest absolute Gasteiger partial charge is 0.489 e. The molecule has 0 unspecified atom stereocenters. The highest BCUT2D eigenvalue weighted by molar-refractivity contribution is 5.88. The first-order valence-electron chi connectivity index (χ1n) is 7.65. The van der Waals surface area contributed by atoms with Crippen LogP contribution in [0.5, 0.6) is 5.75 Å². The number of rotatable bonds is 5. The second-order valence-electron chi connectivity index (χ2n) is 5.23. The summed E-state index contributed by atoms with van der Waals surface area (Å²) >= 11 is 0. The van der Waals surface area contributed by atoms with Gasteiger partial charge in [0, 0.05) is 6.20 Å². The van der Waals surface area contributed by atoms with E-state index >= 15 is 0 Å². The number of nitriles is 1. The van der Waals surface area contributed by atoms with E-state index in [-0.39, 0.29) is 0 Å². The summed E-state index contributed by atoms with van der Waals surface area (Å²) in [6, 6.07) is 25.4. The number of benzene rings is 2. The third-order valence-electron chi connectivity index (χ3n) is 3.50. The molecule has 1 heterocycles. The fourth-order valence-electron chi connectivity index (χ4n) is 2.25. The highest BCUT2D eigenvalue weighted by Gasteiger charge is 2.02. The van der Waals surface area contributed by atoms with Crippen LogP contribution < -0.4 is 4.74 Å². The summed E-state index contributed by atoms with van der Waals surface area (Å²) in [6.45, 7) is 0.535. The van der Waals surface area contributed by atoms with Gasteiger partial charge in [0.05, 0.1) is 11.3 Å². The molecule has 3 rings (SSSR count). The summed E-state index contributed by atoms with van der Waals surface area (Å²) in [5, 5.41) is 9.32. The van der Waals surface area contributed by atoms with E-state index in [4.69, 9.17) is 4.74 Å². The predicted octanol–water partition coefficient (Wildman–Crippen LogP) is 4.72. The number of hydrogen-bond donors (Lipinski definition) is 0. The van der Waals surface area contributed by atoms with Gasteiger partial charge in [0.1, 0.15) is 18.4 Å². The minimum atomic E-state index is 0.535. The highest BCUT2D eigenvalue weighted by atomic mass is 16.5. The van der Waals surface area contributed by atoms with E-state index in [1.54, 1.807) is 6.20 Å². The minimum absolute atomic E-state index is 0.535. The van der Waals surface area contributed by atoms with Crippen molar-refractivity contribution in [2.24, 2.45) is 0 Å². The molecule has 3 heteroatoms. The van der Waals surface area contributed by atoms with E-state index in [0.29, 0.717) is 17.9 Å². The van der Waals surface area contributed by atoms with Crippen molar-refractivity contribution in [3.63, 3.8) is 0 Å². The van der Waals surface area contributed by atoms with E-state index in [1.807, 2.05) is 78.9 Å². The second kappa shape index (κ2) is 7.75. The van der Waals surface area contributed by atoms with E-state index in [2.05, 4.69) is 11.1 Å². The van der Waals surface area contributed by atoms with Crippen LogP contribution in [0.2, 0.25) is 0 Å². The smallest absolute Gasteiger partial charge is 0.119 e. The molecule has 3 aromatic rings. The molecule has 0 amide bonds. The lowest BCUT2D eigenvalue weighted by Gasteiger charge is -2.06. The number of nitrogens with zero attached hydrogens (tertiary/aromatic N) is 2. The molecule has 0 saturated heterocycles. The zero-order chi connectivity index (χ0) is 16.6. The molecule has 0 fully saturated rings. The third kappa shape index (κ3) is 4.08. The lowest BCUT2D eigenvalue weighted by Crippen LogP contribution is -1.94. The Hall–Kier alpha value is -3.38. The van der Waals surface area contributed by atoms with Crippen LogP contribution >= 0.6 is 0 Å². The quantitative estimate of drug-likeness (QED) is 0.640. The molecule has 0 spiro atoms. The van der Waals surface area contributed by atoms with Crippen LogP contribution in [0.3, 0.4) is 0 Å². The van der Waals surface area contributed by atoms with Crippen molar-refractivity contribution in [1.29, 1.82) is 5.26 Å². The Labute approximate surface area is 141 Å². The molecule has 0 saturated carbocycles. The van der Waals surface area contributed by atoms with Gasteiger partial charge in [0.25, 0.3) is 0 Å². The molecule has 0 atom stereocenters. The predicted molar refractivity (Wildman–Crippen MR) is 94.9 cm³/mol. The van der Waals surface area contributed by atoms with Gasteiger partial charge in [0.15, 0.2) is 0 Å². The van der Waals surface area contributed by atoms with Crippen LogP contribution in [-0.2, 0) is 6.61 Å². The maximum absolute atomic E-state index is 9.32. The molecule has 0 aliphatic rings. The summed E-state index contributed by atoms with van der Waals surface area (Å²) < 4.78 is 5.76. The number of hydrogen-bond acceptors (Lipinski definition) is 3. The summed E-state index contributed by atoms with van der Waals surface area (Å²) in [7, 11) is 0. The molecule has 116 valence electrons. The van der Waals surface area contributed by atoms with Gasteiger partial charge in [-0.05, 0) is 41.5 Å². The fourth-order valence-corrected chi connectivity index (χ4v) is 2.25. The van der Waals surface area contributed by atoms with Crippen LogP contribution in [0.25, 0.3) is 11.6 Å². The van der Waals surface area contributed by atoms with E-state index in [9.17, 15) is 5.26 Å². The highest BCUT2D eigenvalue weighted by Crippen LogP contribution is 2.19. The van der Waals surface area contributed by atoms with Crippen molar-refractivity contribution < 1.29 is 4.74 Å². The van der Waals surface area contributed by atoms with Gasteiger partial charge in [-0.2, -0.15) is 5.26 Å². The average molecular weight is 312 g/mol. The third-order valence-corrected chi connectivity index (χ3v) is 3.50. The van der Waals surface area contributed by atoms with Crippen molar-refractivity contribution in [3.05, 3.63) is 95.8 Å². The first-order valence-corrected chi connectivity index (χ1v) is 7.65. The molecule has 1 aromatic heterocycles. The molecule has 3 nitrogen and oxygen atoms in total. The SMILES string of the molecule is N#CC(=Cc1ccc(OCc2ccccc2)cc1)c1ccccn1. The Morgan fingerprint density at radius 3 is 2.38 bits per heavy atom.